The lowest BCUT2D eigenvalue weighted by Gasteiger charge is -2.29. The molecule has 1 fully saturated rings. The first kappa shape index (κ1) is 36.5. The Morgan fingerprint density at radius 2 is 1.57 bits per heavy atom. The topological polar surface area (TPSA) is 106 Å². The molecule has 11 nitrogen and oxygen atoms in total. The number of rotatable bonds is 14. The Bertz CT molecular complexity index is 2140. The molecule has 0 spiro atoms. The summed E-state index contributed by atoms with van der Waals surface area (Å²) in [7, 11) is 1.67. The largest absolute Gasteiger partial charge is 0.469 e. The van der Waals surface area contributed by atoms with Gasteiger partial charge in [-0.1, -0.05) is 60.7 Å². The molecule has 3 aromatic carbocycles. The van der Waals surface area contributed by atoms with Crippen LogP contribution in [0.4, 0.5) is 9.18 Å². The minimum Gasteiger partial charge on any atom is -0.469 e. The third-order valence-electron chi connectivity index (χ3n) is 9.50. The number of hydrogen-bond donors (Lipinski definition) is 0. The van der Waals surface area contributed by atoms with Crippen molar-refractivity contribution in [2.24, 2.45) is 0 Å². The van der Waals surface area contributed by atoms with E-state index in [0.29, 0.717) is 61.0 Å². The molecule has 4 heterocycles. The van der Waals surface area contributed by atoms with Gasteiger partial charge in [-0.2, -0.15) is 0 Å². The maximum atomic E-state index is 14.4. The van der Waals surface area contributed by atoms with E-state index in [1.54, 1.807) is 18.2 Å². The number of morpholine rings is 1. The van der Waals surface area contributed by atoms with Gasteiger partial charge in [0.05, 0.1) is 37.3 Å². The predicted molar refractivity (Wildman–Crippen MR) is 202 cm³/mol. The first-order valence-corrected chi connectivity index (χ1v) is 18.2. The number of imidazole rings is 1. The van der Waals surface area contributed by atoms with Crippen LogP contribution in [-0.2, 0) is 17.6 Å². The van der Waals surface area contributed by atoms with E-state index >= 15 is 0 Å². The molecule has 0 atom stereocenters. The first-order valence-electron chi connectivity index (χ1n) is 18.2. The lowest BCUT2D eigenvalue weighted by molar-refractivity contribution is 0.0361. The Balaban J connectivity index is 1.21. The van der Waals surface area contributed by atoms with Gasteiger partial charge < -0.3 is 23.7 Å². The summed E-state index contributed by atoms with van der Waals surface area (Å²) in [6.45, 7) is 4.66. The Labute approximate surface area is 313 Å². The number of likely N-dealkylation sites (N-methyl/N-ethyl adjacent to an activating group) is 1. The van der Waals surface area contributed by atoms with E-state index in [2.05, 4.69) is 4.90 Å². The quantitative estimate of drug-likeness (QED) is 0.123. The third kappa shape index (κ3) is 9.02. The molecule has 6 aromatic rings. The second-order valence-electron chi connectivity index (χ2n) is 13.3. The number of nitrogens with zero attached hydrogens (tertiary/aromatic N) is 6. The molecule has 12 heteroatoms. The van der Waals surface area contributed by atoms with Gasteiger partial charge >= 0.3 is 6.09 Å². The van der Waals surface area contributed by atoms with E-state index in [-0.39, 0.29) is 31.3 Å². The van der Waals surface area contributed by atoms with Gasteiger partial charge in [-0.25, -0.2) is 19.2 Å². The smallest absolute Gasteiger partial charge is 0.416 e. The number of aromatic nitrogens is 3. The zero-order valence-electron chi connectivity index (χ0n) is 30.3. The number of carbonyl (C=O) groups is 2. The monoisotopic (exact) mass is 730 g/mol. The van der Waals surface area contributed by atoms with E-state index < -0.39 is 11.9 Å². The molecule has 1 aliphatic heterocycles. The number of carbonyl (C=O) groups excluding carboxylic acids is 2. The van der Waals surface area contributed by atoms with Gasteiger partial charge in [0.1, 0.15) is 17.3 Å². The van der Waals surface area contributed by atoms with Crippen LogP contribution in [0.1, 0.15) is 39.5 Å². The lowest BCUT2D eigenvalue weighted by Crippen LogP contribution is -2.43. The molecule has 7 rings (SSSR count). The fourth-order valence-electron chi connectivity index (χ4n) is 6.53. The Hall–Kier alpha value is -5.85. The molecule has 0 bridgehead atoms. The van der Waals surface area contributed by atoms with Crippen molar-refractivity contribution in [1.29, 1.82) is 0 Å². The summed E-state index contributed by atoms with van der Waals surface area (Å²) >= 11 is 0. The van der Waals surface area contributed by atoms with Crippen LogP contribution in [0.5, 0.6) is 5.88 Å². The predicted octanol–water partition coefficient (Wildman–Crippen LogP) is 6.61. The molecule has 2 amide bonds. The number of benzene rings is 3. The highest BCUT2D eigenvalue weighted by Gasteiger charge is 2.26. The molecule has 3 aromatic heterocycles. The van der Waals surface area contributed by atoms with Crippen LogP contribution in [0.25, 0.3) is 16.9 Å². The highest BCUT2D eigenvalue weighted by molar-refractivity contribution is 5.94. The molecule has 0 radical (unpaired) electrons. The number of hydrogen-bond acceptors (Lipinski definition) is 8. The second-order valence-corrected chi connectivity index (χ2v) is 13.3. The SMILES string of the molecule is CN(CCN(CCCN1CCOCC1)C(=O)Oc1c(Cc2ccco2)nc2c(Cc3ccccc3)nc(-c3ccccc3)cn12)C(=O)c1ccc(F)cc1. The molecule has 0 N–H and O–H groups in total. The van der Waals surface area contributed by atoms with Crippen LogP contribution in [0.15, 0.2) is 114 Å². The first-order chi connectivity index (χ1) is 26.4. The van der Waals surface area contributed by atoms with Crippen molar-refractivity contribution in [2.75, 3.05) is 59.5 Å². The average molecular weight is 731 g/mol. The Morgan fingerprint density at radius 3 is 2.30 bits per heavy atom. The molecule has 54 heavy (non-hydrogen) atoms. The van der Waals surface area contributed by atoms with E-state index in [0.717, 1.165) is 36.5 Å². The van der Waals surface area contributed by atoms with Gasteiger partial charge in [-0.3, -0.25) is 14.1 Å². The fourth-order valence-corrected chi connectivity index (χ4v) is 6.53. The summed E-state index contributed by atoms with van der Waals surface area (Å²) in [5.41, 5.74) is 4.87. The van der Waals surface area contributed by atoms with Crippen molar-refractivity contribution in [1.82, 2.24) is 29.1 Å². The summed E-state index contributed by atoms with van der Waals surface area (Å²) in [6, 6.07) is 29.0. The number of ether oxygens (including phenoxy) is 2. The van der Waals surface area contributed by atoms with Crippen LogP contribution in [0, 0.1) is 5.82 Å². The van der Waals surface area contributed by atoms with Crippen LogP contribution in [-0.4, -0.2) is 101 Å². The molecule has 0 unspecified atom stereocenters. The van der Waals surface area contributed by atoms with Gasteiger partial charge in [0.25, 0.3) is 5.91 Å². The molecular formula is C42H43FN6O5. The maximum absolute atomic E-state index is 14.4. The van der Waals surface area contributed by atoms with E-state index in [1.807, 2.05) is 83.4 Å². The lowest BCUT2D eigenvalue weighted by atomic mass is 10.1. The molecule has 278 valence electrons. The van der Waals surface area contributed by atoms with Crippen LogP contribution in [0.2, 0.25) is 0 Å². The molecular weight excluding hydrogens is 687 g/mol. The Morgan fingerprint density at radius 1 is 0.833 bits per heavy atom. The van der Waals surface area contributed by atoms with Crippen LogP contribution in [0.3, 0.4) is 0 Å². The Kier molecular flexibility index (Phi) is 11.7. The summed E-state index contributed by atoms with van der Waals surface area (Å²) < 4.78 is 33.0. The zero-order valence-corrected chi connectivity index (χ0v) is 30.3. The van der Waals surface area contributed by atoms with Crippen molar-refractivity contribution < 1.29 is 27.9 Å². The minimum atomic E-state index is -0.565. The molecule has 0 saturated carbocycles. The van der Waals surface area contributed by atoms with Crippen molar-refractivity contribution in [3.63, 3.8) is 0 Å². The summed E-state index contributed by atoms with van der Waals surface area (Å²) in [5.74, 6) is 0.251. The number of halogens is 1. The fraction of sp³-hybridized carbons (Fsp3) is 0.286. The zero-order chi connectivity index (χ0) is 37.3. The molecule has 1 aliphatic rings. The normalized spacial score (nSPS) is 13.2. The third-order valence-corrected chi connectivity index (χ3v) is 9.50. The summed E-state index contributed by atoms with van der Waals surface area (Å²) in [4.78, 5) is 43.1. The van der Waals surface area contributed by atoms with Crippen molar-refractivity contribution in [3.8, 4) is 17.1 Å². The van der Waals surface area contributed by atoms with Crippen LogP contribution < -0.4 is 4.74 Å². The molecule has 1 saturated heterocycles. The van der Waals surface area contributed by atoms with Gasteiger partial charge in [0.2, 0.25) is 5.88 Å². The number of amides is 2. The van der Waals surface area contributed by atoms with Gasteiger partial charge in [0.15, 0.2) is 5.65 Å². The molecule has 0 aliphatic carbocycles. The van der Waals surface area contributed by atoms with E-state index in [1.165, 1.54) is 29.2 Å². The highest BCUT2D eigenvalue weighted by Crippen LogP contribution is 2.30. The van der Waals surface area contributed by atoms with Crippen molar-refractivity contribution in [3.05, 3.63) is 144 Å². The number of furan rings is 1. The highest BCUT2D eigenvalue weighted by atomic mass is 19.1. The maximum Gasteiger partial charge on any atom is 0.416 e. The van der Waals surface area contributed by atoms with Crippen molar-refractivity contribution in [2.45, 2.75) is 19.3 Å². The van der Waals surface area contributed by atoms with E-state index in [9.17, 15) is 14.0 Å². The second kappa shape index (κ2) is 17.3. The van der Waals surface area contributed by atoms with Gasteiger partial charge in [-0.15, -0.1) is 0 Å². The van der Waals surface area contributed by atoms with Crippen LogP contribution >= 0.6 is 0 Å². The van der Waals surface area contributed by atoms with Gasteiger partial charge in [-0.05, 0) is 48.4 Å². The summed E-state index contributed by atoms with van der Waals surface area (Å²) in [5, 5.41) is 0. The standard InChI is InChI=1S/C42H43FN6O5/c1-46(40(50)33-15-17-34(43)18-16-33)21-22-48(20-9-19-47-23-26-52-27-24-47)42(51)54-41-37(29-35-14-8-25-53-35)45-39-36(28-31-10-4-2-5-11-31)44-38(30-49(39)41)32-12-6-3-7-13-32/h2-8,10-18,25,30H,9,19-24,26-29H2,1H3. The van der Waals surface area contributed by atoms with E-state index in [4.69, 9.17) is 23.9 Å². The summed E-state index contributed by atoms with van der Waals surface area (Å²) in [6.07, 6.45) is 4.39. The van der Waals surface area contributed by atoms with Gasteiger partial charge in [0, 0.05) is 70.1 Å². The average Bonchev–Trinajstić information content (AvgIpc) is 3.85. The minimum absolute atomic E-state index is 0.214. The number of fused-ring (bicyclic) bond motifs is 1. The van der Waals surface area contributed by atoms with Crippen molar-refractivity contribution >= 4 is 17.6 Å².